The lowest BCUT2D eigenvalue weighted by atomic mass is 10.1. The molecule has 2 amide bonds. The van der Waals surface area contributed by atoms with Crippen molar-refractivity contribution in [1.29, 1.82) is 0 Å². The monoisotopic (exact) mass is 491 g/mol. The molecule has 162 valence electrons. The van der Waals surface area contributed by atoms with E-state index in [9.17, 15) is 14.4 Å². The van der Waals surface area contributed by atoms with Gasteiger partial charge in [0.2, 0.25) is 9.70 Å². The van der Waals surface area contributed by atoms with E-state index < -0.39 is 27.7 Å². The number of para-hydroxylation sites is 1. The number of amides is 2. The molecule has 0 saturated carbocycles. The molecule has 0 aliphatic heterocycles. The van der Waals surface area contributed by atoms with Crippen molar-refractivity contribution in [3.05, 3.63) is 46.3 Å². The predicted octanol–water partition coefficient (Wildman–Crippen LogP) is 4.73. The summed E-state index contributed by atoms with van der Waals surface area (Å²) in [4.78, 5) is 37.2. The van der Waals surface area contributed by atoms with Crippen LogP contribution in [0.1, 0.15) is 39.4 Å². The summed E-state index contributed by atoms with van der Waals surface area (Å²) in [5, 5.41) is 8.32. The third kappa shape index (κ3) is 6.25. The summed E-state index contributed by atoms with van der Waals surface area (Å²) in [6.45, 7) is 4.68. The molecular formula is C19H20Cl3N3O4S. The smallest absolute Gasteiger partial charge is 0.341 e. The minimum atomic E-state index is -1.93. The third-order valence-electron chi connectivity index (χ3n) is 3.81. The van der Waals surface area contributed by atoms with Crippen LogP contribution in [0, 0.1) is 6.92 Å². The van der Waals surface area contributed by atoms with Crippen LogP contribution in [-0.4, -0.2) is 34.3 Å². The van der Waals surface area contributed by atoms with Gasteiger partial charge >= 0.3 is 5.97 Å². The van der Waals surface area contributed by atoms with Crippen LogP contribution in [0.25, 0.3) is 0 Å². The minimum Gasteiger partial charge on any atom is -0.462 e. The van der Waals surface area contributed by atoms with Gasteiger partial charge in [0.05, 0.1) is 17.0 Å². The van der Waals surface area contributed by atoms with Crippen molar-refractivity contribution < 1.29 is 19.1 Å². The van der Waals surface area contributed by atoms with Crippen LogP contribution < -0.4 is 16.0 Å². The van der Waals surface area contributed by atoms with Crippen LogP contribution >= 0.6 is 46.1 Å². The molecular weight excluding hydrogens is 473 g/mol. The Morgan fingerprint density at radius 3 is 2.33 bits per heavy atom. The number of hydrogen-bond acceptors (Lipinski definition) is 6. The summed E-state index contributed by atoms with van der Waals surface area (Å²) in [7, 11) is 0. The van der Waals surface area contributed by atoms with E-state index in [0.717, 1.165) is 11.3 Å². The fourth-order valence-corrected chi connectivity index (χ4v) is 3.97. The molecule has 0 saturated heterocycles. The number of hydrogen-bond donors (Lipinski definition) is 3. The average molecular weight is 493 g/mol. The fraction of sp³-hybridized carbons (Fsp3) is 0.316. The zero-order valence-corrected chi connectivity index (χ0v) is 19.4. The summed E-state index contributed by atoms with van der Waals surface area (Å²) in [6, 6.07) is 8.87. The van der Waals surface area contributed by atoms with Gasteiger partial charge < -0.3 is 20.7 Å². The van der Waals surface area contributed by atoms with Crippen molar-refractivity contribution in [1.82, 2.24) is 5.32 Å². The zero-order chi connectivity index (χ0) is 22.5. The Kier molecular flexibility index (Phi) is 8.37. The Labute approximate surface area is 193 Å². The van der Waals surface area contributed by atoms with Gasteiger partial charge in [-0.05, 0) is 31.5 Å². The van der Waals surface area contributed by atoms with Crippen LogP contribution in [0.3, 0.4) is 0 Å². The quantitative estimate of drug-likeness (QED) is 0.295. The molecule has 0 aliphatic carbocycles. The standard InChI is InChI=1S/C19H20Cl3N3O4S/c1-4-29-17(28)13-10(2)14(15(27)24-12-8-6-5-7-9-12)30-16(13)25-18(19(20,21)22)23-11(3)26/h5-9,18,25H,4H2,1-3H3,(H,23,26)(H,24,27). The van der Waals surface area contributed by atoms with Crippen molar-refractivity contribution in [2.24, 2.45) is 0 Å². The number of nitrogens with one attached hydrogen (secondary N) is 3. The van der Waals surface area contributed by atoms with Crippen molar-refractivity contribution in [3.63, 3.8) is 0 Å². The summed E-state index contributed by atoms with van der Waals surface area (Å²) in [5.74, 6) is -1.50. The molecule has 1 aromatic carbocycles. The van der Waals surface area contributed by atoms with Gasteiger partial charge in [-0.1, -0.05) is 53.0 Å². The summed E-state index contributed by atoms with van der Waals surface area (Å²) in [6.07, 6.45) is -1.16. The molecule has 1 aromatic heterocycles. The van der Waals surface area contributed by atoms with Crippen LogP contribution in [0.2, 0.25) is 0 Å². The van der Waals surface area contributed by atoms with E-state index in [1.54, 1.807) is 38.1 Å². The molecule has 0 spiro atoms. The van der Waals surface area contributed by atoms with E-state index in [1.807, 2.05) is 6.07 Å². The maximum atomic E-state index is 12.8. The number of ether oxygens (including phenoxy) is 1. The lowest BCUT2D eigenvalue weighted by Crippen LogP contribution is -2.48. The number of alkyl halides is 3. The number of thiophene rings is 1. The van der Waals surface area contributed by atoms with E-state index in [2.05, 4.69) is 16.0 Å². The molecule has 1 heterocycles. The number of rotatable bonds is 7. The Morgan fingerprint density at radius 2 is 1.80 bits per heavy atom. The first-order valence-electron chi connectivity index (χ1n) is 8.81. The lowest BCUT2D eigenvalue weighted by Gasteiger charge is -2.26. The highest BCUT2D eigenvalue weighted by molar-refractivity contribution is 7.18. The second-order valence-corrected chi connectivity index (χ2v) is 9.51. The Bertz CT molecular complexity index is 929. The first-order chi connectivity index (χ1) is 14.0. The molecule has 30 heavy (non-hydrogen) atoms. The van der Waals surface area contributed by atoms with Gasteiger partial charge in [0.25, 0.3) is 5.91 Å². The van der Waals surface area contributed by atoms with Crippen molar-refractivity contribution in [3.8, 4) is 0 Å². The number of benzene rings is 1. The molecule has 0 radical (unpaired) electrons. The van der Waals surface area contributed by atoms with Gasteiger partial charge in [0.1, 0.15) is 11.2 Å². The van der Waals surface area contributed by atoms with Crippen LogP contribution in [0.4, 0.5) is 10.7 Å². The van der Waals surface area contributed by atoms with Crippen molar-refractivity contribution >= 4 is 74.6 Å². The zero-order valence-electron chi connectivity index (χ0n) is 16.3. The molecule has 0 aliphatic rings. The van der Waals surface area contributed by atoms with Gasteiger partial charge in [0.15, 0.2) is 0 Å². The van der Waals surface area contributed by atoms with Gasteiger partial charge in [-0.2, -0.15) is 0 Å². The highest BCUT2D eigenvalue weighted by Crippen LogP contribution is 2.38. The third-order valence-corrected chi connectivity index (χ3v) is 5.69. The number of halogens is 3. The first kappa shape index (κ1) is 24.3. The first-order valence-corrected chi connectivity index (χ1v) is 10.8. The van der Waals surface area contributed by atoms with Crippen LogP contribution in [-0.2, 0) is 9.53 Å². The van der Waals surface area contributed by atoms with Crippen molar-refractivity contribution in [2.75, 3.05) is 17.2 Å². The van der Waals surface area contributed by atoms with E-state index >= 15 is 0 Å². The number of anilines is 2. The topological polar surface area (TPSA) is 96.5 Å². The summed E-state index contributed by atoms with van der Waals surface area (Å²) >= 11 is 18.9. The molecule has 3 N–H and O–H groups in total. The Morgan fingerprint density at radius 1 is 1.17 bits per heavy atom. The summed E-state index contributed by atoms with van der Waals surface area (Å²) < 4.78 is 3.19. The Balaban J connectivity index is 2.45. The largest absolute Gasteiger partial charge is 0.462 e. The lowest BCUT2D eigenvalue weighted by molar-refractivity contribution is -0.119. The number of esters is 1. The normalized spacial score (nSPS) is 12.1. The van der Waals surface area contributed by atoms with Crippen molar-refractivity contribution in [2.45, 2.75) is 30.7 Å². The molecule has 1 atom stereocenters. The molecule has 7 nitrogen and oxygen atoms in total. The molecule has 2 aromatic rings. The van der Waals surface area contributed by atoms with E-state index in [1.165, 1.54) is 6.92 Å². The fourth-order valence-electron chi connectivity index (χ4n) is 2.52. The molecule has 0 bridgehead atoms. The van der Waals surface area contributed by atoms with Gasteiger partial charge in [-0.3, -0.25) is 9.59 Å². The van der Waals surface area contributed by atoms with E-state index in [-0.39, 0.29) is 22.0 Å². The average Bonchev–Trinajstić information content (AvgIpc) is 2.97. The Hall–Kier alpha value is -2.00. The van der Waals surface area contributed by atoms with E-state index in [0.29, 0.717) is 11.3 Å². The number of carbonyl (C=O) groups excluding carboxylic acids is 3. The van der Waals surface area contributed by atoms with Gasteiger partial charge in [0, 0.05) is 12.6 Å². The molecule has 1 unspecified atom stereocenters. The van der Waals surface area contributed by atoms with Crippen LogP contribution in [0.15, 0.2) is 30.3 Å². The van der Waals surface area contributed by atoms with Crippen LogP contribution in [0.5, 0.6) is 0 Å². The second kappa shape index (κ2) is 10.3. The highest BCUT2D eigenvalue weighted by Gasteiger charge is 2.36. The predicted molar refractivity (Wildman–Crippen MR) is 121 cm³/mol. The SMILES string of the molecule is CCOC(=O)c1c(NC(NC(C)=O)C(Cl)(Cl)Cl)sc(C(=O)Nc2ccccc2)c1C. The number of carbonyl (C=O) groups is 3. The molecule has 2 rings (SSSR count). The van der Waals surface area contributed by atoms with E-state index in [4.69, 9.17) is 39.5 Å². The minimum absolute atomic E-state index is 0.129. The maximum Gasteiger partial charge on any atom is 0.341 e. The van der Waals surface area contributed by atoms with Gasteiger partial charge in [-0.25, -0.2) is 4.79 Å². The summed E-state index contributed by atoms with van der Waals surface area (Å²) in [5.41, 5.74) is 1.13. The highest BCUT2D eigenvalue weighted by atomic mass is 35.6. The second-order valence-electron chi connectivity index (χ2n) is 6.12. The molecule has 11 heteroatoms. The maximum absolute atomic E-state index is 12.8. The molecule has 0 fully saturated rings. The van der Waals surface area contributed by atoms with Gasteiger partial charge in [-0.15, -0.1) is 11.3 Å².